The first kappa shape index (κ1) is 14.9. The Morgan fingerprint density at radius 3 is 2.59 bits per heavy atom. The van der Waals surface area contributed by atoms with Gasteiger partial charge in [0.1, 0.15) is 0 Å². The van der Waals surface area contributed by atoms with E-state index in [-0.39, 0.29) is 0 Å². The summed E-state index contributed by atoms with van der Waals surface area (Å²) in [5.74, 6) is 0.687. The van der Waals surface area contributed by atoms with E-state index < -0.39 is 0 Å². The Balaban J connectivity index is 1.59. The van der Waals surface area contributed by atoms with Crippen molar-refractivity contribution in [2.24, 2.45) is 0 Å². The average molecular weight is 301 g/mol. The highest BCUT2D eigenvalue weighted by Crippen LogP contribution is 2.11. The summed E-state index contributed by atoms with van der Waals surface area (Å²) in [6.07, 6.45) is 0. The van der Waals surface area contributed by atoms with E-state index >= 15 is 0 Å². The number of piperazine rings is 1. The van der Waals surface area contributed by atoms with Gasteiger partial charge in [0.25, 0.3) is 0 Å². The van der Waals surface area contributed by atoms with E-state index in [0.717, 1.165) is 38.4 Å². The highest BCUT2D eigenvalue weighted by molar-refractivity contribution is 5.38. The lowest BCUT2D eigenvalue weighted by Crippen LogP contribution is -2.50. The summed E-state index contributed by atoms with van der Waals surface area (Å²) in [5.41, 5.74) is 0.960. The fraction of sp³-hybridized carbons (Fsp3) is 0.533. The quantitative estimate of drug-likeness (QED) is 0.877. The lowest BCUT2D eigenvalue weighted by Gasteiger charge is -2.36. The second-order valence-corrected chi connectivity index (χ2v) is 5.82. The predicted octanol–water partition coefficient (Wildman–Crippen LogP) is 0.710. The van der Waals surface area contributed by atoms with Gasteiger partial charge in [0.15, 0.2) is 0 Å². The number of tetrazole rings is 1. The Morgan fingerprint density at radius 1 is 1.14 bits per heavy atom. The summed E-state index contributed by atoms with van der Waals surface area (Å²) >= 11 is 0. The molecule has 1 saturated heterocycles. The van der Waals surface area contributed by atoms with Gasteiger partial charge in [0.05, 0.1) is 5.69 Å². The first-order chi connectivity index (χ1) is 10.7. The maximum absolute atomic E-state index is 4.09. The molecule has 1 unspecified atom stereocenters. The standard InChI is InChI=1S/C15H23N7/c1-13(21-10-8-20(2)9-11-21)12-16-15-17-18-19-22(15)14-6-4-3-5-7-14/h3-7,13H,8-12H2,1-2H3,(H,16,17,19). The number of hydrogen-bond donors (Lipinski definition) is 1. The largest absolute Gasteiger partial charge is 0.351 e. The lowest BCUT2D eigenvalue weighted by atomic mass is 10.2. The molecule has 2 heterocycles. The minimum Gasteiger partial charge on any atom is -0.351 e. The van der Waals surface area contributed by atoms with Crippen LogP contribution in [-0.4, -0.2) is 75.8 Å². The van der Waals surface area contributed by atoms with Crippen LogP contribution in [0.5, 0.6) is 0 Å². The van der Waals surface area contributed by atoms with E-state index in [9.17, 15) is 0 Å². The number of aromatic nitrogens is 4. The van der Waals surface area contributed by atoms with Gasteiger partial charge in [-0.2, -0.15) is 4.68 Å². The SMILES string of the molecule is CC(CNc1nnnn1-c1ccccc1)N1CCN(C)CC1. The molecule has 1 aliphatic rings. The topological polar surface area (TPSA) is 62.1 Å². The molecule has 0 saturated carbocycles. The number of anilines is 1. The van der Waals surface area contributed by atoms with Crippen molar-refractivity contribution in [1.29, 1.82) is 0 Å². The number of hydrogen-bond acceptors (Lipinski definition) is 6. The van der Waals surface area contributed by atoms with Crippen LogP contribution in [0.2, 0.25) is 0 Å². The summed E-state index contributed by atoms with van der Waals surface area (Å²) in [6.45, 7) is 7.57. The predicted molar refractivity (Wildman–Crippen MR) is 86.2 cm³/mol. The third-order valence-corrected chi connectivity index (χ3v) is 4.19. The number of nitrogens with zero attached hydrogens (tertiary/aromatic N) is 6. The molecule has 2 aromatic rings. The van der Waals surface area contributed by atoms with Crippen LogP contribution in [0, 0.1) is 0 Å². The number of likely N-dealkylation sites (N-methyl/N-ethyl adjacent to an activating group) is 1. The molecule has 7 nitrogen and oxygen atoms in total. The molecular formula is C15H23N7. The molecule has 0 aliphatic carbocycles. The minimum absolute atomic E-state index is 0.453. The normalized spacial score (nSPS) is 18.3. The molecule has 1 N–H and O–H groups in total. The Hall–Kier alpha value is -1.99. The van der Waals surface area contributed by atoms with Gasteiger partial charge in [-0.05, 0) is 36.5 Å². The number of benzene rings is 1. The summed E-state index contributed by atoms with van der Waals surface area (Å²) in [7, 11) is 2.17. The van der Waals surface area contributed by atoms with Crippen molar-refractivity contribution in [1.82, 2.24) is 30.0 Å². The third-order valence-electron chi connectivity index (χ3n) is 4.19. The molecule has 3 rings (SSSR count). The van der Waals surface area contributed by atoms with Crippen LogP contribution >= 0.6 is 0 Å². The average Bonchev–Trinajstić information content (AvgIpc) is 3.02. The van der Waals surface area contributed by atoms with Gasteiger partial charge >= 0.3 is 0 Å². The van der Waals surface area contributed by atoms with Gasteiger partial charge in [-0.25, -0.2) is 0 Å². The Kier molecular flexibility index (Phi) is 4.65. The molecule has 1 fully saturated rings. The minimum atomic E-state index is 0.453. The molecule has 0 spiro atoms. The van der Waals surface area contributed by atoms with E-state index in [0.29, 0.717) is 12.0 Å². The van der Waals surface area contributed by atoms with E-state index in [1.54, 1.807) is 4.68 Å². The number of nitrogens with one attached hydrogen (secondary N) is 1. The monoisotopic (exact) mass is 301 g/mol. The van der Waals surface area contributed by atoms with Crippen molar-refractivity contribution >= 4 is 5.95 Å². The van der Waals surface area contributed by atoms with Crippen LogP contribution in [-0.2, 0) is 0 Å². The molecular weight excluding hydrogens is 278 g/mol. The second kappa shape index (κ2) is 6.85. The first-order valence-corrected chi connectivity index (χ1v) is 7.74. The summed E-state index contributed by atoms with van der Waals surface area (Å²) in [5, 5.41) is 15.3. The zero-order valence-corrected chi connectivity index (χ0v) is 13.2. The molecule has 0 bridgehead atoms. The van der Waals surface area contributed by atoms with Crippen LogP contribution in [0.3, 0.4) is 0 Å². The van der Waals surface area contributed by atoms with Crippen molar-refractivity contribution in [2.75, 3.05) is 45.1 Å². The summed E-state index contributed by atoms with van der Waals surface area (Å²) < 4.78 is 1.73. The lowest BCUT2D eigenvalue weighted by molar-refractivity contribution is 0.123. The summed E-state index contributed by atoms with van der Waals surface area (Å²) in [6, 6.07) is 10.4. The van der Waals surface area contributed by atoms with Gasteiger partial charge in [-0.3, -0.25) is 4.90 Å². The van der Waals surface area contributed by atoms with Gasteiger partial charge < -0.3 is 10.2 Å². The van der Waals surface area contributed by atoms with Crippen molar-refractivity contribution in [3.05, 3.63) is 30.3 Å². The zero-order chi connectivity index (χ0) is 15.4. The Labute approximate surface area is 130 Å². The molecule has 1 atom stereocenters. The molecule has 7 heteroatoms. The van der Waals surface area contributed by atoms with Crippen molar-refractivity contribution in [3.63, 3.8) is 0 Å². The third kappa shape index (κ3) is 3.42. The van der Waals surface area contributed by atoms with Crippen LogP contribution < -0.4 is 5.32 Å². The van der Waals surface area contributed by atoms with E-state index in [1.807, 2.05) is 30.3 Å². The molecule has 0 amide bonds. The molecule has 0 radical (unpaired) electrons. The van der Waals surface area contributed by atoms with Crippen LogP contribution in [0.25, 0.3) is 5.69 Å². The van der Waals surface area contributed by atoms with Gasteiger partial charge in [0, 0.05) is 38.8 Å². The Bertz CT molecular complexity index is 575. The van der Waals surface area contributed by atoms with Crippen LogP contribution in [0.1, 0.15) is 6.92 Å². The van der Waals surface area contributed by atoms with E-state index in [4.69, 9.17) is 0 Å². The highest BCUT2D eigenvalue weighted by atomic mass is 15.6. The maximum Gasteiger partial charge on any atom is 0.247 e. The molecule has 118 valence electrons. The van der Waals surface area contributed by atoms with Crippen LogP contribution in [0.15, 0.2) is 30.3 Å². The fourth-order valence-corrected chi connectivity index (χ4v) is 2.67. The molecule has 22 heavy (non-hydrogen) atoms. The number of rotatable bonds is 5. The zero-order valence-electron chi connectivity index (χ0n) is 13.2. The van der Waals surface area contributed by atoms with Crippen molar-refractivity contribution < 1.29 is 0 Å². The van der Waals surface area contributed by atoms with Crippen molar-refractivity contribution in [2.45, 2.75) is 13.0 Å². The fourth-order valence-electron chi connectivity index (χ4n) is 2.67. The molecule has 1 aliphatic heterocycles. The van der Waals surface area contributed by atoms with Crippen LogP contribution in [0.4, 0.5) is 5.95 Å². The van der Waals surface area contributed by atoms with Gasteiger partial charge in [0.2, 0.25) is 5.95 Å². The van der Waals surface area contributed by atoms with Crippen molar-refractivity contribution in [3.8, 4) is 5.69 Å². The highest BCUT2D eigenvalue weighted by Gasteiger charge is 2.19. The Morgan fingerprint density at radius 2 is 1.86 bits per heavy atom. The smallest absolute Gasteiger partial charge is 0.247 e. The van der Waals surface area contributed by atoms with E-state index in [1.165, 1.54) is 0 Å². The summed E-state index contributed by atoms with van der Waals surface area (Å²) in [4.78, 5) is 4.87. The van der Waals surface area contributed by atoms with Gasteiger partial charge in [-0.15, -0.1) is 0 Å². The number of para-hydroxylation sites is 1. The van der Waals surface area contributed by atoms with Gasteiger partial charge in [-0.1, -0.05) is 23.3 Å². The maximum atomic E-state index is 4.09. The molecule has 1 aromatic carbocycles. The molecule has 1 aromatic heterocycles. The van der Waals surface area contributed by atoms with E-state index in [2.05, 4.69) is 44.6 Å². The second-order valence-electron chi connectivity index (χ2n) is 5.82. The first-order valence-electron chi connectivity index (χ1n) is 7.74.